The van der Waals surface area contributed by atoms with Gasteiger partial charge in [0, 0.05) is 23.0 Å². The fourth-order valence-corrected chi connectivity index (χ4v) is 2.89. The van der Waals surface area contributed by atoms with Crippen LogP contribution >= 0.6 is 0 Å². The molecule has 3 nitrogen and oxygen atoms in total. The maximum absolute atomic E-state index is 11.8. The highest BCUT2D eigenvalue weighted by atomic mass is 16.1. The van der Waals surface area contributed by atoms with Gasteiger partial charge < -0.3 is 10.3 Å². The summed E-state index contributed by atoms with van der Waals surface area (Å²) in [6, 6.07) is 10.2. The summed E-state index contributed by atoms with van der Waals surface area (Å²) < 4.78 is 2.17. The van der Waals surface area contributed by atoms with Gasteiger partial charge in [-0.3, -0.25) is 4.79 Å². The van der Waals surface area contributed by atoms with E-state index in [0.29, 0.717) is 11.6 Å². The summed E-state index contributed by atoms with van der Waals surface area (Å²) in [5, 5.41) is 0. The second kappa shape index (κ2) is 4.92. The van der Waals surface area contributed by atoms with E-state index in [1.165, 1.54) is 0 Å². The molecule has 19 heavy (non-hydrogen) atoms. The third kappa shape index (κ3) is 2.16. The van der Waals surface area contributed by atoms with Crippen LogP contribution in [0.4, 0.5) is 0 Å². The van der Waals surface area contributed by atoms with Gasteiger partial charge in [0.15, 0.2) is 0 Å². The van der Waals surface area contributed by atoms with Gasteiger partial charge in [0.25, 0.3) is 5.91 Å². The lowest BCUT2D eigenvalue weighted by atomic mass is 10.0. The highest BCUT2D eigenvalue weighted by Gasteiger charge is 2.23. The summed E-state index contributed by atoms with van der Waals surface area (Å²) in [4.78, 5) is 11.8. The molecule has 1 aromatic carbocycles. The van der Waals surface area contributed by atoms with Crippen molar-refractivity contribution in [3.63, 3.8) is 0 Å². The largest absolute Gasteiger partial charge is 0.366 e. The Kier molecular flexibility index (Phi) is 3.47. The van der Waals surface area contributed by atoms with Gasteiger partial charge in [-0.05, 0) is 33.3 Å². The van der Waals surface area contributed by atoms with Crippen LogP contribution in [-0.2, 0) is 0 Å². The molecule has 0 atom stereocenters. The number of benzene rings is 1. The Morgan fingerprint density at radius 3 is 2.16 bits per heavy atom. The number of carbonyl (C=O) groups excluding carboxylic acids is 1. The average molecular weight is 256 g/mol. The van der Waals surface area contributed by atoms with Crippen LogP contribution in [0.15, 0.2) is 30.3 Å². The van der Waals surface area contributed by atoms with Crippen molar-refractivity contribution in [3.05, 3.63) is 47.3 Å². The number of rotatable bonds is 3. The Balaban J connectivity index is 2.80. The molecule has 0 spiro atoms. The zero-order valence-corrected chi connectivity index (χ0v) is 11.9. The molecule has 0 saturated carbocycles. The number of amides is 1. The molecule has 3 heteroatoms. The third-order valence-corrected chi connectivity index (χ3v) is 3.52. The van der Waals surface area contributed by atoms with E-state index in [-0.39, 0.29) is 5.91 Å². The van der Waals surface area contributed by atoms with Gasteiger partial charge in [-0.25, -0.2) is 0 Å². The molecule has 0 unspecified atom stereocenters. The lowest BCUT2D eigenvalue weighted by Crippen LogP contribution is -2.14. The number of carbonyl (C=O) groups is 1. The molecule has 0 aliphatic carbocycles. The van der Waals surface area contributed by atoms with Crippen LogP contribution in [0.25, 0.3) is 11.1 Å². The first-order chi connectivity index (χ1) is 8.95. The second-order valence-corrected chi connectivity index (χ2v) is 5.11. The Morgan fingerprint density at radius 1 is 1.11 bits per heavy atom. The van der Waals surface area contributed by atoms with Crippen molar-refractivity contribution < 1.29 is 4.79 Å². The highest BCUT2D eigenvalue weighted by molar-refractivity contribution is 6.02. The van der Waals surface area contributed by atoms with E-state index >= 15 is 0 Å². The molecule has 1 amide bonds. The smallest absolute Gasteiger partial charge is 0.251 e. The van der Waals surface area contributed by atoms with Crippen molar-refractivity contribution >= 4 is 5.91 Å². The number of primary amides is 1. The fourth-order valence-electron chi connectivity index (χ4n) is 2.89. The number of nitrogens with two attached hydrogens (primary N) is 1. The van der Waals surface area contributed by atoms with Gasteiger partial charge in [0.05, 0.1) is 5.56 Å². The van der Waals surface area contributed by atoms with E-state index in [0.717, 1.165) is 22.5 Å². The Hall–Kier alpha value is -2.03. The molecule has 2 aromatic rings. The van der Waals surface area contributed by atoms with Crippen LogP contribution in [0, 0.1) is 13.8 Å². The van der Waals surface area contributed by atoms with Gasteiger partial charge in [-0.1, -0.05) is 30.3 Å². The maximum atomic E-state index is 11.8. The minimum atomic E-state index is -0.362. The van der Waals surface area contributed by atoms with Crippen LogP contribution in [0.2, 0.25) is 0 Å². The lowest BCUT2D eigenvalue weighted by Gasteiger charge is -2.13. The first kappa shape index (κ1) is 13.4. The first-order valence-electron chi connectivity index (χ1n) is 6.51. The van der Waals surface area contributed by atoms with Crippen LogP contribution in [0.1, 0.15) is 41.6 Å². The lowest BCUT2D eigenvalue weighted by molar-refractivity contribution is 0.1000. The van der Waals surface area contributed by atoms with Gasteiger partial charge in [0.1, 0.15) is 0 Å². The quantitative estimate of drug-likeness (QED) is 0.898. The van der Waals surface area contributed by atoms with E-state index in [2.05, 4.69) is 18.4 Å². The minimum Gasteiger partial charge on any atom is -0.366 e. The van der Waals surface area contributed by atoms with Crippen molar-refractivity contribution in [2.45, 2.75) is 33.7 Å². The standard InChI is InChI=1S/C16H20N2O/c1-10(2)18-11(3)14(13-8-6-5-7-9-13)15(12(18)4)16(17)19/h5-10H,1-4H3,(H2,17,19). The van der Waals surface area contributed by atoms with Crippen molar-refractivity contribution in [3.8, 4) is 11.1 Å². The van der Waals surface area contributed by atoms with Crippen molar-refractivity contribution in [1.29, 1.82) is 0 Å². The number of hydrogen-bond donors (Lipinski definition) is 1. The number of aromatic nitrogens is 1. The summed E-state index contributed by atoms with van der Waals surface area (Å²) in [5.74, 6) is -0.362. The summed E-state index contributed by atoms with van der Waals surface area (Å²) in [7, 11) is 0. The molecule has 1 aromatic heterocycles. The van der Waals surface area contributed by atoms with E-state index in [1.807, 2.05) is 44.2 Å². The molecule has 0 saturated heterocycles. The topological polar surface area (TPSA) is 48.0 Å². The Morgan fingerprint density at radius 2 is 1.68 bits per heavy atom. The van der Waals surface area contributed by atoms with Crippen LogP contribution < -0.4 is 5.73 Å². The molecule has 0 fully saturated rings. The summed E-state index contributed by atoms with van der Waals surface area (Å²) in [5.41, 5.74) is 10.2. The average Bonchev–Trinajstić information content (AvgIpc) is 2.61. The van der Waals surface area contributed by atoms with E-state index in [1.54, 1.807) is 0 Å². The van der Waals surface area contributed by atoms with Crippen molar-refractivity contribution in [1.82, 2.24) is 4.57 Å². The monoisotopic (exact) mass is 256 g/mol. The van der Waals surface area contributed by atoms with Gasteiger partial charge in [-0.15, -0.1) is 0 Å². The maximum Gasteiger partial charge on any atom is 0.251 e. The van der Waals surface area contributed by atoms with E-state index < -0.39 is 0 Å². The molecule has 100 valence electrons. The molecule has 2 N–H and O–H groups in total. The first-order valence-corrected chi connectivity index (χ1v) is 6.51. The van der Waals surface area contributed by atoms with Crippen LogP contribution in [0.5, 0.6) is 0 Å². The molecule has 2 rings (SSSR count). The number of hydrogen-bond acceptors (Lipinski definition) is 1. The van der Waals surface area contributed by atoms with Gasteiger partial charge in [-0.2, -0.15) is 0 Å². The molecule has 0 aliphatic rings. The Bertz CT molecular complexity index is 609. The molecule has 0 bridgehead atoms. The normalized spacial score (nSPS) is 11.0. The highest BCUT2D eigenvalue weighted by Crippen LogP contribution is 2.33. The van der Waals surface area contributed by atoms with Crippen LogP contribution in [0.3, 0.4) is 0 Å². The third-order valence-electron chi connectivity index (χ3n) is 3.52. The zero-order chi connectivity index (χ0) is 14.2. The van der Waals surface area contributed by atoms with Crippen molar-refractivity contribution in [2.24, 2.45) is 5.73 Å². The molecule has 0 radical (unpaired) electrons. The van der Waals surface area contributed by atoms with Crippen molar-refractivity contribution in [2.75, 3.05) is 0 Å². The molecule has 0 aliphatic heterocycles. The Labute approximate surface area is 114 Å². The summed E-state index contributed by atoms with van der Waals surface area (Å²) in [6.07, 6.45) is 0. The fraction of sp³-hybridized carbons (Fsp3) is 0.312. The molecular weight excluding hydrogens is 236 g/mol. The van der Waals surface area contributed by atoms with Gasteiger partial charge >= 0.3 is 0 Å². The minimum absolute atomic E-state index is 0.301. The van der Waals surface area contributed by atoms with E-state index in [4.69, 9.17) is 5.73 Å². The second-order valence-electron chi connectivity index (χ2n) is 5.11. The SMILES string of the molecule is Cc1c(C(N)=O)c(-c2ccccc2)c(C)n1C(C)C. The predicted octanol–water partition coefficient (Wildman–Crippen LogP) is 3.45. The predicted molar refractivity (Wildman–Crippen MR) is 78.2 cm³/mol. The molecule has 1 heterocycles. The summed E-state index contributed by atoms with van der Waals surface area (Å²) in [6.45, 7) is 8.22. The van der Waals surface area contributed by atoms with Gasteiger partial charge in [0.2, 0.25) is 0 Å². The zero-order valence-electron chi connectivity index (χ0n) is 11.9. The molecular formula is C16H20N2O. The van der Waals surface area contributed by atoms with Crippen LogP contribution in [-0.4, -0.2) is 10.5 Å². The summed E-state index contributed by atoms with van der Waals surface area (Å²) >= 11 is 0. The van der Waals surface area contributed by atoms with E-state index in [9.17, 15) is 4.79 Å². The number of nitrogens with zero attached hydrogens (tertiary/aromatic N) is 1.